The minimum atomic E-state index is -3.84. The molecular formula is C13H12ClNO4S2. The zero-order valence-electron chi connectivity index (χ0n) is 11.0. The maximum Gasteiger partial charge on any atom is 0.266 e. The Kier molecular flexibility index (Phi) is 5.00. The predicted molar refractivity (Wildman–Crippen MR) is 82.5 cm³/mol. The van der Waals surface area contributed by atoms with E-state index >= 15 is 0 Å². The highest BCUT2D eigenvalue weighted by atomic mass is 35.5. The molecule has 0 saturated carbocycles. The minimum absolute atomic E-state index is 0.112. The number of anilines is 1. The summed E-state index contributed by atoms with van der Waals surface area (Å²) < 4.78 is 31.4. The molecule has 0 atom stereocenters. The van der Waals surface area contributed by atoms with E-state index in [0.29, 0.717) is 0 Å². The molecule has 0 bridgehead atoms. The zero-order valence-corrected chi connectivity index (χ0v) is 13.4. The molecule has 0 aliphatic carbocycles. The van der Waals surface area contributed by atoms with Gasteiger partial charge in [0.2, 0.25) is 0 Å². The maximum absolute atomic E-state index is 12.7. The molecule has 1 heterocycles. The molecule has 0 N–H and O–H groups in total. The van der Waals surface area contributed by atoms with Crippen LogP contribution in [0.4, 0.5) is 5.69 Å². The first-order valence-corrected chi connectivity index (χ1v) is 8.52. The van der Waals surface area contributed by atoms with Crippen molar-refractivity contribution in [3.8, 4) is 0 Å². The van der Waals surface area contributed by atoms with Crippen molar-refractivity contribution >= 4 is 43.9 Å². The lowest BCUT2D eigenvalue weighted by Gasteiger charge is -2.23. The Labute approximate surface area is 131 Å². The monoisotopic (exact) mass is 345 g/mol. The van der Waals surface area contributed by atoms with Gasteiger partial charge >= 0.3 is 0 Å². The minimum Gasteiger partial charge on any atom is -0.363 e. The number of benzene rings is 1. The van der Waals surface area contributed by atoms with Crippen LogP contribution in [0, 0.1) is 0 Å². The fourth-order valence-corrected chi connectivity index (χ4v) is 4.18. The van der Waals surface area contributed by atoms with Crippen LogP contribution in [0.3, 0.4) is 0 Å². The van der Waals surface area contributed by atoms with Gasteiger partial charge in [-0.2, -0.15) is 0 Å². The van der Waals surface area contributed by atoms with E-state index < -0.39 is 15.3 Å². The number of sulfonamides is 1. The van der Waals surface area contributed by atoms with Gasteiger partial charge in [0.15, 0.2) is 0 Å². The quantitative estimate of drug-likeness (QED) is 0.596. The van der Waals surface area contributed by atoms with E-state index in [1.54, 1.807) is 23.6 Å². The fourth-order valence-electron chi connectivity index (χ4n) is 1.75. The second-order valence-electron chi connectivity index (χ2n) is 3.99. The van der Waals surface area contributed by atoms with E-state index in [0.717, 1.165) is 15.6 Å². The first kappa shape index (κ1) is 16.0. The number of halogens is 1. The third-order valence-electron chi connectivity index (χ3n) is 2.67. The third-order valence-corrected chi connectivity index (χ3v) is 5.62. The molecule has 0 saturated heterocycles. The number of thiophene rings is 1. The van der Waals surface area contributed by atoms with Gasteiger partial charge in [0.25, 0.3) is 15.3 Å². The summed E-state index contributed by atoms with van der Waals surface area (Å²) in [5.74, 6) is 0. The summed E-state index contributed by atoms with van der Waals surface area (Å²) in [7, 11) is -2.46. The Morgan fingerprint density at radius 1 is 1.29 bits per heavy atom. The molecular weight excluding hydrogens is 334 g/mol. The summed E-state index contributed by atoms with van der Waals surface area (Å²) >= 11 is 6.58. The van der Waals surface area contributed by atoms with E-state index in [1.807, 2.05) is 0 Å². The number of carbonyl (C=O) groups is 1. The van der Waals surface area contributed by atoms with Gasteiger partial charge in [-0.1, -0.05) is 18.2 Å². The second kappa shape index (κ2) is 6.57. The molecule has 2 aromatic rings. The fraction of sp³-hybridized carbons (Fsp3) is 0.154. The number of ether oxygens (including phenoxy) is 1. The Balaban J connectivity index is 2.54. The summed E-state index contributed by atoms with van der Waals surface area (Å²) in [4.78, 5) is 11.7. The molecule has 8 heteroatoms. The SMILES string of the molecule is COCN(c1ccsc1C(=O)Cl)S(=O)(=O)c1ccccc1. The Hall–Kier alpha value is -1.41. The Morgan fingerprint density at radius 2 is 1.95 bits per heavy atom. The average molecular weight is 346 g/mol. The largest absolute Gasteiger partial charge is 0.363 e. The molecule has 2 rings (SSSR count). The zero-order chi connectivity index (χ0) is 15.5. The van der Waals surface area contributed by atoms with Crippen molar-refractivity contribution in [2.24, 2.45) is 0 Å². The van der Waals surface area contributed by atoms with Crippen LogP contribution in [-0.2, 0) is 14.8 Å². The highest BCUT2D eigenvalue weighted by Gasteiger charge is 2.28. The molecule has 112 valence electrons. The van der Waals surface area contributed by atoms with E-state index in [1.165, 1.54) is 25.3 Å². The van der Waals surface area contributed by atoms with Gasteiger partial charge in [-0.25, -0.2) is 12.7 Å². The van der Waals surface area contributed by atoms with Crippen LogP contribution in [0.15, 0.2) is 46.7 Å². The van der Waals surface area contributed by atoms with Crippen molar-refractivity contribution in [3.63, 3.8) is 0 Å². The van der Waals surface area contributed by atoms with E-state index in [4.69, 9.17) is 16.3 Å². The highest BCUT2D eigenvalue weighted by Crippen LogP contribution is 2.31. The number of rotatable bonds is 6. The predicted octanol–water partition coefficient (Wildman–Crippen LogP) is 2.93. The lowest BCUT2D eigenvalue weighted by atomic mass is 10.4. The normalized spacial score (nSPS) is 11.3. The first-order chi connectivity index (χ1) is 9.98. The number of methoxy groups -OCH3 is 1. The van der Waals surface area contributed by atoms with Crippen molar-refractivity contribution in [3.05, 3.63) is 46.7 Å². The van der Waals surface area contributed by atoms with Gasteiger partial charge in [0, 0.05) is 7.11 Å². The molecule has 0 amide bonds. The van der Waals surface area contributed by atoms with Gasteiger partial charge in [0.1, 0.15) is 11.6 Å². The molecule has 0 unspecified atom stereocenters. The third kappa shape index (κ3) is 3.26. The number of hydrogen-bond donors (Lipinski definition) is 0. The summed E-state index contributed by atoms with van der Waals surface area (Å²) in [5.41, 5.74) is 0.214. The summed E-state index contributed by atoms with van der Waals surface area (Å²) in [6.07, 6.45) is 0. The first-order valence-electron chi connectivity index (χ1n) is 5.82. The van der Waals surface area contributed by atoms with Crippen LogP contribution < -0.4 is 4.31 Å². The van der Waals surface area contributed by atoms with Gasteiger partial charge in [-0.3, -0.25) is 4.79 Å². The second-order valence-corrected chi connectivity index (χ2v) is 7.11. The number of nitrogens with zero attached hydrogens (tertiary/aromatic N) is 1. The molecule has 1 aromatic carbocycles. The Bertz CT molecular complexity index is 728. The molecule has 0 spiro atoms. The lowest BCUT2D eigenvalue weighted by molar-refractivity contribution is 0.108. The maximum atomic E-state index is 12.7. The number of carbonyl (C=O) groups excluding carboxylic acids is 1. The molecule has 0 fully saturated rings. The molecule has 0 aliphatic rings. The van der Waals surface area contributed by atoms with E-state index in [-0.39, 0.29) is 22.2 Å². The number of hydrogen-bond acceptors (Lipinski definition) is 5. The van der Waals surface area contributed by atoms with E-state index in [9.17, 15) is 13.2 Å². The average Bonchev–Trinajstić information content (AvgIpc) is 2.94. The topological polar surface area (TPSA) is 63.7 Å². The highest BCUT2D eigenvalue weighted by molar-refractivity contribution is 7.92. The van der Waals surface area contributed by atoms with Crippen LogP contribution in [0.2, 0.25) is 0 Å². The van der Waals surface area contributed by atoms with Gasteiger partial charge in [-0.15, -0.1) is 11.3 Å². The Morgan fingerprint density at radius 3 is 2.52 bits per heavy atom. The van der Waals surface area contributed by atoms with Gasteiger partial charge in [0.05, 0.1) is 10.6 Å². The van der Waals surface area contributed by atoms with E-state index in [2.05, 4.69) is 0 Å². The van der Waals surface area contributed by atoms with Crippen LogP contribution >= 0.6 is 22.9 Å². The smallest absolute Gasteiger partial charge is 0.266 e. The summed E-state index contributed by atoms with van der Waals surface area (Å²) in [6, 6.07) is 9.45. The van der Waals surface area contributed by atoms with Crippen molar-refractivity contribution in [1.82, 2.24) is 0 Å². The molecule has 0 radical (unpaired) electrons. The van der Waals surface area contributed by atoms with Crippen molar-refractivity contribution < 1.29 is 17.9 Å². The molecule has 1 aromatic heterocycles. The molecule has 0 aliphatic heterocycles. The van der Waals surface area contributed by atoms with Crippen molar-refractivity contribution in [2.45, 2.75) is 4.90 Å². The van der Waals surface area contributed by atoms with Gasteiger partial charge in [-0.05, 0) is 35.2 Å². The van der Waals surface area contributed by atoms with Crippen LogP contribution in [0.1, 0.15) is 9.67 Å². The van der Waals surface area contributed by atoms with Crippen LogP contribution in [-0.4, -0.2) is 27.5 Å². The van der Waals surface area contributed by atoms with Gasteiger partial charge < -0.3 is 4.74 Å². The lowest BCUT2D eigenvalue weighted by Crippen LogP contribution is -2.33. The van der Waals surface area contributed by atoms with Crippen molar-refractivity contribution in [2.75, 3.05) is 18.1 Å². The van der Waals surface area contributed by atoms with Crippen LogP contribution in [0.5, 0.6) is 0 Å². The standard InChI is InChI=1S/C13H12ClNO4S2/c1-19-9-15(11-7-8-20-12(11)13(14)16)21(17,18)10-5-3-2-4-6-10/h2-8H,9H2,1H3. The van der Waals surface area contributed by atoms with Crippen LogP contribution in [0.25, 0.3) is 0 Å². The molecule has 5 nitrogen and oxygen atoms in total. The molecule has 21 heavy (non-hydrogen) atoms. The summed E-state index contributed by atoms with van der Waals surface area (Å²) in [6.45, 7) is -0.217. The summed E-state index contributed by atoms with van der Waals surface area (Å²) in [5, 5.41) is 0.901. The van der Waals surface area contributed by atoms with Crippen molar-refractivity contribution in [1.29, 1.82) is 0 Å².